The maximum absolute atomic E-state index is 12.6. The molecule has 122 valence electrons. The van der Waals surface area contributed by atoms with Crippen molar-refractivity contribution in [2.24, 2.45) is 0 Å². The quantitative estimate of drug-likeness (QED) is 0.803. The van der Waals surface area contributed by atoms with Gasteiger partial charge in [-0.05, 0) is 36.6 Å². The number of hydrogen-bond donors (Lipinski definition) is 1. The van der Waals surface area contributed by atoms with Crippen LogP contribution in [-0.2, 0) is 19.5 Å². The first-order valence-corrected chi connectivity index (χ1v) is 8.22. The zero-order valence-corrected chi connectivity index (χ0v) is 13.4. The number of nitrogens with zero attached hydrogens (tertiary/aromatic N) is 4. The van der Waals surface area contributed by atoms with Gasteiger partial charge in [0.05, 0.1) is 12.7 Å². The lowest BCUT2D eigenvalue weighted by atomic mass is 10.1. The van der Waals surface area contributed by atoms with Crippen LogP contribution in [-0.4, -0.2) is 25.2 Å². The lowest BCUT2D eigenvalue weighted by Gasteiger charge is -2.16. The van der Waals surface area contributed by atoms with E-state index in [2.05, 4.69) is 20.0 Å². The second-order valence-electron chi connectivity index (χ2n) is 6.03. The Hall–Kier alpha value is -2.89. The molecular weight excluding hydrogens is 302 g/mol. The molecule has 2 aromatic heterocycles. The van der Waals surface area contributed by atoms with Crippen molar-refractivity contribution in [1.29, 1.82) is 0 Å². The van der Waals surface area contributed by atoms with Crippen LogP contribution in [0, 0.1) is 0 Å². The third kappa shape index (κ3) is 2.95. The maximum Gasteiger partial charge on any atom is 0.256 e. The van der Waals surface area contributed by atoms with Crippen LogP contribution in [0.4, 0.5) is 5.82 Å². The number of nitrogens with one attached hydrogen (secondary N) is 1. The van der Waals surface area contributed by atoms with E-state index in [0.717, 1.165) is 36.6 Å². The van der Waals surface area contributed by atoms with Crippen molar-refractivity contribution in [2.75, 3.05) is 5.32 Å². The van der Waals surface area contributed by atoms with Crippen molar-refractivity contribution in [1.82, 2.24) is 19.3 Å². The molecule has 0 saturated heterocycles. The van der Waals surface area contributed by atoms with Crippen LogP contribution in [0.3, 0.4) is 0 Å². The Morgan fingerprint density at radius 3 is 3.08 bits per heavy atom. The fraction of sp³-hybridized carbons (Fsp3) is 0.278. The molecule has 1 N–H and O–H groups in total. The van der Waals surface area contributed by atoms with Crippen LogP contribution in [0.5, 0.6) is 0 Å². The normalized spacial score (nSPS) is 13.5. The summed E-state index contributed by atoms with van der Waals surface area (Å²) in [5, 5.41) is 7.19. The van der Waals surface area contributed by atoms with E-state index in [-0.39, 0.29) is 5.91 Å². The molecule has 0 fully saturated rings. The number of imidazole rings is 1. The number of hydrogen-bond acceptors (Lipinski definition) is 3. The van der Waals surface area contributed by atoms with Gasteiger partial charge in [-0.2, -0.15) is 5.10 Å². The summed E-state index contributed by atoms with van der Waals surface area (Å²) in [4.78, 5) is 17.0. The molecular formula is C18H19N5O. The first-order chi connectivity index (χ1) is 11.8. The number of amides is 1. The first kappa shape index (κ1) is 14.7. The Morgan fingerprint density at radius 2 is 2.21 bits per heavy atom. The standard InChI is InChI=1S/C18H19N5O/c24-18(21-17-12-19-16-7-1-2-10-23(16)17)15-6-3-5-14(11-15)13-22-9-4-8-20-22/h3-6,8-9,11-12H,1-2,7,10,13H2,(H,21,24). The number of anilines is 1. The molecule has 1 aliphatic heterocycles. The molecule has 1 aromatic carbocycles. The Kier molecular flexibility index (Phi) is 3.86. The average molecular weight is 321 g/mol. The van der Waals surface area contributed by atoms with Gasteiger partial charge in [0, 0.05) is 30.9 Å². The minimum Gasteiger partial charge on any atom is -0.315 e. The molecule has 24 heavy (non-hydrogen) atoms. The van der Waals surface area contributed by atoms with Crippen molar-refractivity contribution >= 4 is 11.7 Å². The lowest BCUT2D eigenvalue weighted by Crippen LogP contribution is -2.18. The summed E-state index contributed by atoms with van der Waals surface area (Å²) in [5.74, 6) is 1.74. The van der Waals surface area contributed by atoms with Crippen LogP contribution in [0.1, 0.15) is 34.6 Å². The van der Waals surface area contributed by atoms with E-state index in [0.29, 0.717) is 12.1 Å². The fourth-order valence-corrected chi connectivity index (χ4v) is 3.10. The van der Waals surface area contributed by atoms with Gasteiger partial charge in [-0.15, -0.1) is 0 Å². The third-order valence-corrected chi connectivity index (χ3v) is 4.30. The highest BCUT2D eigenvalue weighted by Crippen LogP contribution is 2.20. The SMILES string of the molecule is O=C(Nc1cnc2n1CCCC2)c1cccc(Cn2cccn2)c1. The van der Waals surface area contributed by atoms with Gasteiger partial charge in [0.25, 0.3) is 5.91 Å². The summed E-state index contributed by atoms with van der Waals surface area (Å²) in [7, 11) is 0. The highest BCUT2D eigenvalue weighted by Gasteiger charge is 2.16. The van der Waals surface area contributed by atoms with Crippen molar-refractivity contribution in [2.45, 2.75) is 32.4 Å². The molecule has 6 nitrogen and oxygen atoms in total. The number of benzene rings is 1. The summed E-state index contributed by atoms with van der Waals surface area (Å²) in [6.45, 7) is 1.57. The zero-order valence-electron chi connectivity index (χ0n) is 13.4. The summed E-state index contributed by atoms with van der Waals surface area (Å²) < 4.78 is 3.94. The predicted octanol–water partition coefficient (Wildman–Crippen LogP) is 2.72. The van der Waals surface area contributed by atoms with Crippen LogP contribution < -0.4 is 5.32 Å². The Morgan fingerprint density at radius 1 is 1.25 bits per heavy atom. The van der Waals surface area contributed by atoms with Crippen molar-refractivity contribution in [3.63, 3.8) is 0 Å². The van der Waals surface area contributed by atoms with E-state index in [1.165, 1.54) is 6.42 Å². The highest BCUT2D eigenvalue weighted by atomic mass is 16.1. The van der Waals surface area contributed by atoms with Crippen LogP contribution >= 0.6 is 0 Å². The second kappa shape index (κ2) is 6.31. The molecule has 6 heteroatoms. The maximum atomic E-state index is 12.6. The van der Waals surface area contributed by atoms with E-state index in [4.69, 9.17) is 0 Å². The summed E-state index contributed by atoms with van der Waals surface area (Å²) >= 11 is 0. The van der Waals surface area contributed by atoms with E-state index < -0.39 is 0 Å². The van der Waals surface area contributed by atoms with Gasteiger partial charge < -0.3 is 9.88 Å². The molecule has 3 aromatic rings. The molecule has 1 aliphatic rings. The Bertz CT molecular complexity index is 850. The molecule has 0 bridgehead atoms. The molecule has 0 saturated carbocycles. The number of aromatic nitrogens is 4. The van der Waals surface area contributed by atoms with Crippen molar-refractivity contribution in [3.05, 3.63) is 65.9 Å². The Balaban J connectivity index is 1.51. The van der Waals surface area contributed by atoms with Gasteiger partial charge in [-0.1, -0.05) is 12.1 Å². The van der Waals surface area contributed by atoms with Gasteiger partial charge >= 0.3 is 0 Å². The monoisotopic (exact) mass is 321 g/mol. The van der Waals surface area contributed by atoms with Gasteiger partial charge in [0.1, 0.15) is 11.6 Å². The van der Waals surface area contributed by atoms with Crippen LogP contribution in [0.25, 0.3) is 0 Å². The van der Waals surface area contributed by atoms with Gasteiger partial charge in [0.15, 0.2) is 0 Å². The number of fused-ring (bicyclic) bond motifs is 1. The van der Waals surface area contributed by atoms with E-state index in [9.17, 15) is 4.79 Å². The molecule has 4 rings (SSSR count). The topological polar surface area (TPSA) is 64.7 Å². The summed E-state index contributed by atoms with van der Waals surface area (Å²) in [5.41, 5.74) is 1.69. The van der Waals surface area contributed by atoms with Crippen LogP contribution in [0.15, 0.2) is 48.9 Å². The minimum atomic E-state index is -0.106. The average Bonchev–Trinajstić information content (AvgIpc) is 3.25. The molecule has 0 radical (unpaired) electrons. The first-order valence-electron chi connectivity index (χ1n) is 8.22. The minimum absolute atomic E-state index is 0.106. The Labute approximate surface area is 140 Å². The fourth-order valence-electron chi connectivity index (χ4n) is 3.10. The third-order valence-electron chi connectivity index (χ3n) is 4.30. The van der Waals surface area contributed by atoms with Gasteiger partial charge in [-0.25, -0.2) is 4.98 Å². The van der Waals surface area contributed by atoms with E-state index in [1.807, 2.05) is 41.2 Å². The molecule has 1 amide bonds. The molecule has 0 unspecified atom stereocenters. The van der Waals surface area contributed by atoms with Crippen LogP contribution in [0.2, 0.25) is 0 Å². The number of rotatable bonds is 4. The number of carbonyl (C=O) groups excluding carboxylic acids is 1. The molecule has 0 atom stereocenters. The predicted molar refractivity (Wildman–Crippen MR) is 90.9 cm³/mol. The van der Waals surface area contributed by atoms with E-state index in [1.54, 1.807) is 12.4 Å². The smallest absolute Gasteiger partial charge is 0.256 e. The van der Waals surface area contributed by atoms with Gasteiger partial charge in [0.2, 0.25) is 0 Å². The van der Waals surface area contributed by atoms with Crippen molar-refractivity contribution in [3.8, 4) is 0 Å². The number of aryl methyl sites for hydroxylation is 1. The van der Waals surface area contributed by atoms with Gasteiger partial charge in [-0.3, -0.25) is 9.48 Å². The number of carbonyl (C=O) groups is 1. The molecule has 3 heterocycles. The summed E-state index contributed by atoms with van der Waals surface area (Å²) in [6.07, 6.45) is 8.69. The molecule has 0 aliphatic carbocycles. The highest BCUT2D eigenvalue weighted by molar-refractivity contribution is 6.03. The molecule has 0 spiro atoms. The van der Waals surface area contributed by atoms with E-state index >= 15 is 0 Å². The zero-order chi connectivity index (χ0) is 16.4. The van der Waals surface area contributed by atoms with Crippen molar-refractivity contribution < 1.29 is 4.79 Å². The largest absolute Gasteiger partial charge is 0.315 e. The lowest BCUT2D eigenvalue weighted by molar-refractivity contribution is 0.102. The summed E-state index contributed by atoms with van der Waals surface area (Å²) in [6, 6.07) is 9.53. The second-order valence-corrected chi connectivity index (χ2v) is 6.03.